The van der Waals surface area contributed by atoms with E-state index in [-0.39, 0.29) is 17.7 Å². The van der Waals surface area contributed by atoms with Gasteiger partial charge in [-0.25, -0.2) is 9.18 Å². The number of carbonyl (C=O) groups is 1. The van der Waals surface area contributed by atoms with Gasteiger partial charge in [0.25, 0.3) is 0 Å². The van der Waals surface area contributed by atoms with Crippen LogP contribution < -0.4 is 10.7 Å². The molecule has 0 unspecified atom stereocenters. The highest BCUT2D eigenvalue weighted by Crippen LogP contribution is 2.31. The van der Waals surface area contributed by atoms with Crippen molar-refractivity contribution in [2.75, 3.05) is 37.8 Å². The summed E-state index contributed by atoms with van der Waals surface area (Å²) in [5, 5.41) is 16.0. The lowest BCUT2D eigenvalue weighted by molar-refractivity contribution is 0.0447. The van der Waals surface area contributed by atoms with Gasteiger partial charge in [-0.1, -0.05) is 26.0 Å². The van der Waals surface area contributed by atoms with Gasteiger partial charge in [-0.05, 0) is 43.5 Å². The van der Waals surface area contributed by atoms with Crippen LogP contribution in [0.2, 0.25) is 0 Å². The first-order chi connectivity index (χ1) is 15.4. The molecule has 2 saturated heterocycles. The van der Waals surface area contributed by atoms with Gasteiger partial charge in [-0.15, -0.1) is 0 Å². The Hall–Kier alpha value is -2.85. The molecule has 0 saturated carbocycles. The molecule has 1 aromatic carbocycles. The lowest BCUT2D eigenvalue weighted by atomic mass is 9.93. The first kappa shape index (κ1) is 21.0. The van der Waals surface area contributed by atoms with Gasteiger partial charge in [0.2, 0.25) is 0 Å². The number of hydrazine groups is 1. The van der Waals surface area contributed by atoms with E-state index in [0.29, 0.717) is 24.5 Å². The predicted octanol–water partition coefficient (Wildman–Crippen LogP) is 2.85. The standard InChI is InChI=1S/C22H29FN6O3/c1-14(2)20-17-4-3-5-18(23)21(17)29(24-20)28-13-19(32-25-28)16-6-8-26(9-7-16)10-15-11-27(12-15)22(30)31/h3-5,13-16,25H,6-12H2,1-2H3,(H,30,31). The number of likely N-dealkylation sites (tertiary alicyclic amines) is 2. The summed E-state index contributed by atoms with van der Waals surface area (Å²) in [5.74, 6) is 1.37. The third-order valence-electron chi connectivity index (χ3n) is 6.66. The molecule has 10 heteroatoms. The van der Waals surface area contributed by atoms with Crippen LogP contribution in [0.3, 0.4) is 0 Å². The number of nitrogens with one attached hydrogen (secondary N) is 1. The number of halogens is 1. The molecule has 5 rings (SSSR count). The quantitative estimate of drug-likeness (QED) is 0.733. The lowest BCUT2D eigenvalue weighted by Gasteiger charge is -2.41. The van der Waals surface area contributed by atoms with E-state index in [1.807, 2.05) is 26.1 Å². The fourth-order valence-corrected chi connectivity index (χ4v) is 4.88. The van der Waals surface area contributed by atoms with Crippen molar-refractivity contribution in [2.45, 2.75) is 32.6 Å². The summed E-state index contributed by atoms with van der Waals surface area (Å²) >= 11 is 0. The van der Waals surface area contributed by atoms with E-state index in [1.54, 1.807) is 11.2 Å². The molecule has 3 aliphatic rings. The molecule has 0 radical (unpaired) electrons. The second-order valence-corrected chi connectivity index (χ2v) is 9.26. The Morgan fingerprint density at radius 1 is 1.31 bits per heavy atom. The molecule has 9 nitrogen and oxygen atoms in total. The molecule has 2 N–H and O–H groups in total. The van der Waals surface area contributed by atoms with E-state index in [4.69, 9.17) is 9.94 Å². The highest BCUT2D eigenvalue weighted by Gasteiger charge is 2.34. The molecule has 2 aromatic rings. The summed E-state index contributed by atoms with van der Waals surface area (Å²) in [5.41, 5.74) is 4.14. The van der Waals surface area contributed by atoms with Crippen LogP contribution in [0.1, 0.15) is 38.3 Å². The predicted molar refractivity (Wildman–Crippen MR) is 117 cm³/mol. The summed E-state index contributed by atoms with van der Waals surface area (Å²) in [4.78, 5) is 22.1. The Morgan fingerprint density at radius 3 is 2.75 bits per heavy atom. The molecular weight excluding hydrogens is 415 g/mol. The third kappa shape index (κ3) is 3.77. The molecule has 1 amide bonds. The fourth-order valence-electron chi connectivity index (χ4n) is 4.88. The summed E-state index contributed by atoms with van der Waals surface area (Å²) in [7, 11) is 0. The Labute approximate surface area is 185 Å². The van der Waals surface area contributed by atoms with Gasteiger partial charge >= 0.3 is 6.09 Å². The third-order valence-corrected chi connectivity index (χ3v) is 6.66. The maximum atomic E-state index is 14.7. The highest BCUT2D eigenvalue weighted by molar-refractivity contribution is 5.83. The number of fused-ring (bicyclic) bond motifs is 1. The zero-order chi connectivity index (χ0) is 22.4. The second-order valence-electron chi connectivity index (χ2n) is 9.26. The molecule has 0 aliphatic carbocycles. The van der Waals surface area contributed by atoms with Crippen molar-refractivity contribution < 1.29 is 19.1 Å². The molecule has 0 bridgehead atoms. The van der Waals surface area contributed by atoms with Crippen molar-refractivity contribution in [2.24, 2.45) is 11.8 Å². The summed E-state index contributed by atoms with van der Waals surface area (Å²) in [6, 6.07) is 5.05. The number of hydrogen-bond acceptors (Lipinski definition) is 6. The van der Waals surface area contributed by atoms with Crippen molar-refractivity contribution in [1.82, 2.24) is 25.3 Å². The van der Waals surface area contributed by atoms with Crippen LogP contribution in [0.15, 0.2) is 30.2 Å². The number of aromatic nitrogens is 2. The first-order valence-corrected chi connectivity index (χ1v) is 11.2. The lowest BCUT2D eigenvalue weighted by Crippen LogP contribution is -2.54. The van der Waals surface area contributed by atoms with Crippen LogP contribution in [-0.2, 0) is 4.84 Å². The molecule has 3 aliphatic heterocycles. The molecule has 4 heterocycles. The van der Waals surface area contributed by atoms with E-state index >= 15 is 0 Å². The van der Waals surface area contributed by atoms with Crippen LogP contribution in [0, 0.1) is 17.7 Å². The van der Waals surface area contributed by atoms with E-state index in [2.05, 4.69) is 15.6 Å². The van der Waals surface area contributed by atoms with Crippen LogP contribution >= 0.6 is 0 Å². The zero-order valence-electron chi connectivity index (χ0n) is 18.4. The van der Waals surface area contributed by atoms with Crippen LogP contribution in [0.25, 0.3) is 10.9 Å². The Balaban J connectivity index is 1.24. The number of nitrogens with zero attached hydrogens (tertiary/aromatic N) is 5. The topological polar surface area (TPSA) is 86.1 Å². The van der Waals surface area contributed by atoms with E-state index in [1.165, 1.54) is 15.8 Å². The Morgan fingerprint density at radius 2 is 2.06 bits per heavy atom. The van der Waals surface area contributed by atoms with Gasteiger partial charge in [-0.3, -0.25) is 0 Å². The van der Waals surface area contributed by atoms with E-state index < -0.39 is 6.09 Å². The SMILES string of the molecule is CC(C)c1nn(N2C=C(C3CCN(CC4CN(C(=O)O)C4)CC3)ON2)c2c(F)cccc12. The van der Waals surface area contributed by atoms with Crippen LogP contribution in [0.4, 0.5) is 9.18 Å². The molecule has 2 fully saturated rings. The first-order valence-electron chi connectivity index (χ1n) is 11.2. The Bertz CT molecular complexity index is 1040. The number of hydrogen-bond donors (Lipinski definition) is 2. The Kier molecular flexibility index (Phi) is 5.42. The van der Waals surface area contributed by atoms with Gasteiger partial charge in [0.15, 0.2) is 5.82 Å². The second kappa shape index (κ2) is 8.25. The smallest absolute Gasteiger partial charge is 0.407 e. The number of para-hydroxylation sites is 1. The van der Waals surface area contributed by atoms with E-state index in [0.717, 1.165) is 49.3 Å². The van der Waals surface area contributed by atoms with Gasteiger partial charge < -0.3 is 19.7 Å². The highest BCUT2D eigenvalue weighted by atomic mass is 19.1. The largest absolute Gasteiger partial charge is 0.465 e. The average Bonchev–Trinajstić information content (AvgIpc) is 3.36. The van der Waals surface area contributed by atoms with Crippen molar-refractivity contribution in [1.29, 1.82) is 0 Å². The fraction of sp³-hybridized carbons (Fsp3) is 0.545. The van der Waals surface area contributed by atoms with Crippen molar-refractivity contribution in [3.63, 3.8) is 0 Å². The number of allylic oxidation sites excluding steroid dienone is 1. The van der Waals surface area contributed by atoms with E-state index in [9.17, 15) is 9.18 Å². The maximum absolute atomic E-state index is 14.7. The minimum absolute atomic E-state index is 0.162. The van der Waals surface area contributed by atoms with Gasteiger partial charge in [0, 0.05) is 36.9 Å². The van der Waals surface area contributed by atoms with Crippen molar-refractivity contribution >= 4 is 17.0 Å². The number of rotatable bonds is 5. The van der Waals surface area contributed by atoms with Crippen molar-refractivity contribution in [3.8, 4) is 0 Å². The minimum Gasteiger partial charge on any atom is -0.465 e. The van der Waals surface area contributed by atoms with Crippen molar-refractivity contribution in [3.05, 3.63) is 41.7 Å². The molecule has 0 atom stereocenters. The van der Waals surface area contributed by atoms with Crippen LogP contribution in [-0.4, -0.2) is 63.6 Å². The number of amides is 1. The number of benzene rings is 1. The van der Waals surface area contributed by atoms with Gasteiger partial charge in [-0.2, -0.15) is 15.0 Å². The summed E-state index contributed by atoms with van der Waals surface area (Å²) in [6.45, 7) is 8.20. The zero-order valence-corrected chi connectivity index (χ0v) is 18.4. The molecule has 172 valence electrons. The summed E-state index contributed by atoms with van der Waals surface area (Å²) in [6.07, 6.45) is 2.96. The number of carboxylic acid groups (broad SMARTS) is 1. The molecule has 0 spiro atoms. The number of piperidine rings is 1. The van der Waals surface area contributed by atoms with Gasteiger partial charge in [0.1, 0.15) is 11.3 Å². The maximum Gasteiger partial charge on any atom is 0.407 e. The molecule has 32 heavy (non-hydrogen) atoms. The monoisotopic (exact) mass is 444 g/mol. The normalized spacial score (nSPS) is 20.7. The summed E-state index contributed by atoms with van der Waals surface area (Å²) < 4.78 is 14.7. The molecule has 1 aromatic heterocycles. The average molecular weight is 445 g/mol. The van der Waals surface area contributed by atoms with Crippen LogP contribution in [0.5, 0.6) is 0 Å². The minimum atomic E-state index is -0.826. The molecular formula is C22H29FN6O3. The van der Waals surface area contributed by atoms with Gasteiger partial charge in [0.05, 0.1) is 11.9 Å².